The van der Waals surface area contributed by atoms with Crippen LogP contribution in [0.3, 0.4) is 0 Å². The topological polar surface area (TPSA) is 83.8 Å². The molecule has 3 rings (SSSR count). The second-order valence-electron chi connectivity index (χ2n) is 5.67. The molecule has 0 saturated carbocycles. The lowest BCUT2D eigenvalue weighted by atomic mass is 9.79. The van der Waals surface area contributed by atoms with E-state index in [4.69, 9.17) is 14.2 Å². The molecule has 112 valence electrons. The van der Waals surface area contributed by atoms with Gasteiger partial charge in [-0.15, -0.1) is 0 Å². The van der Waals surface area contributed by atoms with E-state index in [0.717, 1.165) is 12.8 Å². The van der Waals surface area contributed by atoms with Crippen molar-refractivity contribution >= 4 is 11.9 Å². The summed E-state index contributed by atoms with van der Waals surface area (Å²) in [5.74, 6) is -1.70. The molecule has 20 heavy (non-hydrogen) atoms. The number of rotatable bonds is 6. The van der Waals surface area contributed by atoms with E-state index in [0.29, 0.717) is 13.2 Å². The molecule has 6 heteroatoms. The fourth-order valence-electron chi connectivity index (χ4n) is 3.30. The van der Waals surface area contributed by atoms with Gasteiger partial charge in [0.2, 0.25) is 0 Å². The van der Waals surface area contributed by atoms with Gasteiger partial charge in [-0.25, -0.2) is 0 Å². The van der Waals surface area contributed by atoms with Gasteiger partial charge in [0.05, 0.1) is 37.5 Å². The molecule has 2 bridgehead atoms. The summed E-state index contributed by atoms with van der Waals surface area (Å²) in [5.41, 5.74) is 0. The number of nitrogens with one attached hydrogen (secondary N) is 1. The summed E-state index contributed by atoms with van der Waals surface area (Å²) < 4.78 is 16.2. The Balaban J connectivity index is 1.72. The van der Waals surface area contributed by atoms with Crippen molar-refractivity contribution in [2.75, 3.05) is 13.2 Å². The van der Waals surface area contributed by atoms with Crippen LogP contribution in [0.2, 0.25) is 0 Å². The summed E-state index contributed by atoms with van der Waals surface area (Å²) in [4.78, 5) is 24.4. The highest BCUT2D eigenvalue weighted by molar-refractivity contribution is 5.85. The molecule has 6 atom stereocenters. The maximum Gasteiger partial charge on any atom is 0.312 e. The van der Waals surface area contributed by atoms with Gasteiger partial charge in [0.25, 0.3) is 0 Å². The highest BCUT2D eigenvalue weighted by Gasteiger charge is 2.71. The third-order valence-electron chi connectivity index (χ3n) is 4.22. The van der Waals surface area contributed by atoms with Gasteiger partial charge in [-0.05, 0) is 12.8 Å². The number of morpholine rings is 1. The Labute approximate surface area is 118 Å². The van der Waals surface area contributed by atoms with Gasteiger partial charge < -0.3 is 19.5 Å². The van der Waals surface area contributed by atoms with Gasteiger partial charge in [-0.2, -0.15) is 0 Å². The van der Waals surface area contributed by atoms with Crippen LogP contribution in [0, 0.1) is 11.8 Å². The standard InChI is InChI=1S/C14H21NO5/c1-3-5-18-13(16)7-8(14(17)19-6-4-2)12-10-9(15-10)11(7)20-12/h7-12,15H,3-6H2,1-2H3/t7-,8-,9-,10+,11+,12-/m1/s1. The van der Waals surface area contributed by atoms with Crippen molar-refractivity contribution < 1.29 is 23.8 Å². The first kappa shape index (κ1) is 13.8. The summed E-state index contributed by atoms with van der Waals surface area (Å²) in [5, 5.41) is 3.27. The summed E-state index contributed by atoms with van der Waals surface area (Å²) in [7, 11) is 0. The first-order chi connectivity index (χ1) is 9.69. The molecule has 3 fully saturated rings. The third-order valence-corrected chi connectivity index (χ3v) is 4.22. The van der Waals surface area contributed by atoms with Crippen LogP contribution in [0.5, 0.6) is 0 Å². The molecule has 0 aromatic rings. The predicted molar refractivity (Wildman–Crippen MR) is 68.9 cm³/mol. The smallest absolute Gasteiger partial charge is 0.312 e. The molecule has 0 aromatic heterocycles. The molecular weight excluding hydrogens is 262 g/mol. The molecule has 1 N–H and O–H groups in total. The Morgan fingerprint density at radius 2 is 1.40 bits per heavy atom. The zero-order valence-corrected chi connectivity index (χ0v) is 11.8. The summed E-state index contributed by atoms with van der Waals surface area (Å²) in [6.45, 7) is 4.64. The largest absolute Gasteiger partial charge is 0.465 e. The molecule has 0 amide bonds. The van der Waals surface area contributed by atoms with E-state index >= 15 is 0 Å². The molecule has 3 saturated heterocycles. The van der Waals surface area contributed by atoms with Gasteiger partial charge in [-0.3, -0.25) is 9.59 Å². The van der Waals surface area contributed by atoms with Crippen LogP contribution in [0.4, 0.5) is 0 Å². The lowest BCUT2D eigenvalue weighted by Crippen LogP contribution is -2.43. The number of carbonyl (C=O) groups excluding carboxylic acids is 2. The average molecular weight is 283 g/mol. The molecular formula is C14H21NO5. The van der Waals surface area contributed by atoms with Crippen LogP contribution in [-0.4, -0.2) is 49.4 Å². The van der Waals surface area contributed by atoms with Crippen molar-refractivity contribution in [2.45, 2.75) is 51.0 Å². The number of fused-ring (bicyclic) bond motifs is 5. The van der Waals surface area contributed by atoms with E-state index in [1.54, 1.807) is 0 Å². The third kappa shape index (κ3) is 2.11. The van der Waals surface area contributed by atoms with Crippen LogP contribution in [-0.2, 0) is 23.8 Å². The maximum atomic E-state index is 12.2. The Hall–Kier alpha value is -1.14. The number of esters is 2. The molecule has 0 aromatic carbocycles. The molecule has 0 aliphatic carbocycles. The predicted octanol–water partition coefficient (Wildman–Crippen LogP) is 0.247. The highest BCUT2D eigenvalue weighted by Crippen LogP contribution is 2.50. The van der Waals surface area contributed by atoms with E-state index in [1.807, 2.05) is 13.8 Å². The van der Waals surface area contributed by atoms with E-state index in [1.165, 1.54) is 0 Å². The average Bonchev–Trinajstić information content (AvgIpc) is 3.07. The minimum Gasteiger partial charge on any atom is -0.465 e. The second-order valence-corrected chi connectivity index (χ2v) is 5.67. The molecule has 3 heterocycles. The quantitative estimate of drug-likeness (QED) is 0.555. The highest BCUT2D eigenvalue weighted by atomic mass is 16.6. The van der Waals surface area contributed by atoms with E-state index in [9.17, 15) is 9.59 Å². The van der Waals surface area contributed by atoms with Crippen molar-refractivity contribution in [3.8, 4) is 0 Å². The fourth-order valence-corrected chi connectivity index (χ4v) is 3.30. The molecule has 6 nitrogen and oxygen atoms in total. The van der Waals surface area contributed by atoms with Gasteiger partial charge in [0, 0.05) is 0 Å². The van der Waals surface area contributed by atoms with Crippen molar-refractivity contribution in [2.24, 2.45) is 11.8 Å². The molecule has 0 radical (unpaired) electrons. The van der Waals surface area contributed by atoms with Crippen LogP contribution < -0.4 is 5.32 Å². The summed E-state index contributed by atoms with van der Waals surface area (Å²) in [6.07, 6.45) is 1.05. The van der Waals surface area contributed by atoms with Crippen molar-refractivity contribution in [3.05, 3.63) is 0 Å². The van der Waals surface area contributed by atoms with Gasteiger partial charge in [0.15, 0.2) is 0 Å². The fraction of sp³-hybridized carbons (Fsp3) is 0.857. The van der Waals surface area contributed by atoms with Crippen LogP contribution in [0.1, 0.15) is 26.7 Å². The van der Waals surface area contributed by atoms with Gasteiger partial charge in [-0.1, -0.05) is 13.8 Å². The van der Waals surface area contributed by atoms with Crippen molar-refractivity contribution in [3.63, 3.8) is 0 Å². The molecule has 3 aliphatic rings. The molecule has 3 aliphatic heterocycles. The van der Waals surface area contributed by atoms with E-state index in [-0.39, 0.29) is 36.2 Å². The minimum absolute atomic E-state index is 0.203. The number of hydrogen-bond acceptors (Lipinski definition) is 6. The van der Waals surface area contributed by atoms with Gasteiger partial charge in [0.1, 0.15) is 11.8 Å². The van der Waals surface area contributed by atoms with E-state index < -0.39 is 11.8 Å². The van der Waals surface area contributed by atoms with Crippen LogP contribution in [0.15, 0.2) is 0 Å². The Kier molecular flexibility index (Phi) is 3.69. The summed E-state index contributed by atoms with van der Waals surface area (Å²) >= 11 is 0. The van der Waals surface area contributed by atoms with Crippen LogP contribution >= 0.6 is 0 Å². The number of ether oxygens (including phenoxy) is 3. The number of hydrogen-bond donors (Lipinski definition) is 1. The Morgan fingerprint density at radius 1 is 0.950 bits per heavy atom. The monoisotopic (exact) mass is 283 g/mol. The van der Waals surface area contributed by atoms with E-state index in [2.05, 4.69) is 5.32 Å². The van der Waals surface area contributed by atoms with Crippen molar-refractivity contribution in [1.29, 1.82) is 0 Å². The Morgan fingerprint density at radius 3 is 1.80 bits per heavy atom. The first-order valence-corrected chi connectivity index (χ1v) is 7.43. The normalized spacial score (nSPS) is 40.3. The lowest BCUT2D eigenvalue weighted by Gasteiger charge is -2.23. The zero-order chi connectivity index (χ0) is 14.3. The molecule has 0 spiro atoms. The summed E-state index contributed by atoms with van der Waals surface area (Å²) in [6, 6.07) is 0.406. The Bertz CT molecular complexity index is 376. The van der Waals surface area contributed by atoms with Crippen molar-refractivity contribution in [1.82, 2.24) is 5.32 Å². The second kappa shape index (κ2) is 5.33. The minimum atomic E-state index is -0.521. The SMILES string of the molecule is CCCOC(=O)[C@H]1[C@@H]2O[C@@H]([C@H]3N[C@H]32)[C@@H]1C(=O)OCCC. The van der Waals surface area contributed by atoms with Gasteiger partial charge >= 0.3 is 11.9 Å². The zero-order valence-electron chi connectivity index (χ0n) is 11.8. The maximum absolute atomic E-state index is 12.2. The first-order valence-electron chi connectivity index (χ1n) is 7.43. The molecule has 0 unspecified atom stereocenters. The van der Waals surface area contributed by atoms with Crippen LogP contribution in [0.25, 0.3) is 0 Å². The lowest BCUT2D eigenvalue weighted by molar-refractivity contribution is -0.160. The number of carbonyl (C=O) groups is 2.